The van der Waals surface area contributed by atoms with Crippen LogP contribution in [-0.2, 0) is 6.54 Å². The summed E-state index contributed by atoms with van der Waals surface area (Å²) in [6.45, 7) is 7.07. The van der Waals surface area contributed by atoms with Gasteiger partial charge >= 0.3 is 0 Å². The van der Waals surface area contributed by atoms with Crippen molar-refractivity contribution in [3.05, 3.63) is 50.4 Å². The van der Waals surface area contributed by atoms with Crippen LogP contribution in [0.25, 0.3) is 0 Å². The molecule has 3 nitrogen and oxygen atoms in total. The average molecular weight is 369 g/mol. The molecule has 19 heavy (non-hydrogen) atoms. The summed E-state index contributed by atoms with van der Waals surface area (Å²) < 4.78 is 3.31. The lowest BCUT2D eigenvalue weighted by Crippen LogP contribution is -2.11. The molecular weight excluding hydrogens is 349 g/mol. The summed E-state index contributed by atoms with van der Waals surface area (Å²) in [5, 5.41) is 4.63. The van der Waals surface area contributed by atoms with Crippen molar-refractivity contribution in [2.45, 2.75) is 39.8 Å². The molecular formula is C15H20IN3. The smallest absolute Gasteiger partial charge is 0.0662 e. The van der Waals surface area contributed by atoms with Crippen molar-refractivity contribution in [1.82, 2.24) is 9.78 Å². The fraction of sp³-hybridized carbons (Fsp3) is 0.400. The van der Waals surface area contributed by atoms with Gasteiger partial charge in [0.1, 0.15) is 0 Å². The number of rotatable bonds is 4. The van der Waals surface area contributed by atoms with E-state index in [0.717, 1.165) is 18.7 Å². The first-order chi connectivity index (χ1) is 9.02. The zero-order valence-electron chi connectivity index (χ0n) is 11.7. The second-order valence-electron chi connectivity index (χ2n) is 4.88. The van der Waals surface area contributed by atoms with E-state index in [9.17, 15) is 0 Å². The second kappa shape index (κ2) is 6.05. The number of nitrogens with zero attached hydrogens (tertiary/aromatic N) is 2. The van der Waals surface area contributed by atoms with Gasteiger partial charge in [0, 0.05) is 20.9 Å². The van der Waals surface area contributed by atoms with E-state index in [1.807, 2.05) is 6.92 Å². The molecule has 0 amide bonds. The summed E-state index contributed by atoms with van der Waals surface area (Å²) >= 11 is 2.32. The van der Waals surface area contributed by atoms with E-state index in [0.29, 0.717) is 0 Å². The first kappa shape index (κ1) is 14.5. The zero-order valence-corrected chi connectivity index (χ0v) is 13.8. The lowest BCUT2D eigenvalue weighted by atomic mass is 10.0. The van der Waals surface area contributed by atoms with E-state index in [1.54, 1.807) is 0 Å². The molecule has 0 bridgehead atoms. The molecule has 1 unspecified atom stereocenters. The molecule has 1 aromatic carbocycles. The van der Waals surface area contributed by atoms with Gasteiger partial charge in [0.05, 0.1) is 12.2 Å². The first-order valence-corrected chi connectivity index (χ1v) is 7.64. The van der Waals surface area contributed by atoms with E-state index in [-0.39, 0.29) is 6.04 Å². The molecule has 2 aromatic rings. The van der Waals surface area contributed by atoms with Crippen LogP contribution in [0.5, 0.6) is 0 Å². The molecule has 4 heteroatoms. The number of hydrogen-bond donors (Lipinski definition) is 1. The van der Waals surface area contributed by atoms with Crippen LogP contribution in [0.3, 0.4) is 0 Å². The second-order valence-corrected chi connectivity index (χ2v) is 6.13. The highest BCUT2D eigenvalue weighted by molar-refractivity contribution is 14.1. The van der Waals surface area contributed by atoms with E-state index in [2.05, 4.69) is 70.5 Å². The molecule has 0 fully saturated rings. The maximum absolute atomic E-state index is 6.17. The summed E-state index contributed by atoms with van der Waals surface area (Å²) in [5.74, 6) is 0. The van der Waals surface area contributed by atoms with Gasteiger partial charge in [-0.25, -0.2) is 0 Å². The molecule has 2 rings (SSSR count). The van der Waals surface area contributed by atoms with E-state index in [4.69, 9.17) is 5.73 Å². The minimum absolute atomic E-state index is 0.0884. The Kier molecular flexibility index (Phi) is 4.62. The monoisotopic (exact) mass is 369 g/mol. The summed E-state index contributed by atoms with van der Waals surface area (Å²) in [7, 11) is 0. The van der Waals surface area contributed by atoms with Crippen molar-refractivity contribution < 1.29 is 0 Å². The molecule has 0 aliphatic carbocycles. The molecule has 0 aliphatic heterocycles. The van der Waals surface area contributed by atoms with Crippen LogP contribution in [0.15, 0.2) is 24.3 Å². The Hall–Kier alpha value is -0.880. The third-order valence-electron chi connectivity index (χ3n) is 3.49. The summed E-state index contributed by atoms with van der Waals surface area (Å²) in [4.78, 5) is 0. The van der Waals surface area contributed by atoms with Gasteiger partial charge in [0.15, 0.2) is 0 Å². The lowest BCUT2D eigenvalue weighted by molar-refractivity contribution is 0.650. The first-order valence-electron chi connectivity index (χ1n) is 6.56. The number of halogens is 1. The Morgan fingerprint density at radius 3 is 2.47 bits per heavy atom. The fourth-order valence-electron chi connectivity index (χ4n) is 2.37. The van der Waals surface area contributed by atoms with Crippen molar-refractivity contribution in [1.29, 1.82) is 0 Å². The molecule has 1 atom stereocenters. The molecule has 102 valence electrons. The molecule has 1 heterocycles. The van der Waals surface area contributed by atoms with Gasteiger partial charge in [-0.3, -0.25) is 4.68 Å². The number of hydrogen-bond acceptors (Lipinski definition) is 2. The Morgan fingerprint density at radius 1 is 1.26 bits per heavy atom. The van der Waals surface area contributed by atoms with Gasteiger partial charge in [-0.15, -0.1) is 0 Å². The number of nitrogens with two attached hydrogens (primary N) is 1. The molecule has 0 radical (unpaired) electrons. The molecule has 0 spiro atoms. The minimum Gasteiger partial charge on any atom is -0.324 e. The van der Waals surface area contributed by atoms with Crippen LogP contribution in [0.1, 0.15) is 41.9 Å². The van der Waals surface area contributed by atoms with Crippen LogP contribution in [0.4, 0.5) is 0 Å². The third kappa shape index (κ3) is 3.17. The molecule has 2 N–H and O–H groups in total. The third-order valence-corrected chi connectivity index (χ3v) is 4.21. The van der Waals surface area contributed by atoms with Gasteiger partial charge in [-0.05, 0) is 60.6 Å². The minimum atomic E-state index is 0.0884. The van der Waals surface area contributed by atoms with E-state index < -0.39 is 0 Å². The number of aryl methyl sites for hydroxylation is 1. The average Bonchev–Trinajstić information content (AvgIpc) is 2.66. The predicted molar refractivity (Wildman–Crippen MR) is 87.2 cm³/mol. The molecule has 0 aliphatic rings. The van der Waals surface area contributed by atoms with Crippen molar-refractivity contribution in [2.75, 3.05) is 0 Å². The quantitative estimate of drug-likeness (QED) is 0.838. The Labute approximate surface area is 128 Å². The van der Waals surface area contributed by atoms with Crippen molar-refractivity contribution >= 4 is 22.6 Å². The van der Waals surface area contributed by atoms with Crippen LogP contribution in [0.2, 0.25) is 0 Å². The highest BCUT2D eigenvalue weighted by atomic mass is 127. The number of benzene rings is 1. The zero-order chi connectivity index (χ0) is 14.0. The van der Waals surface area contributed by atoms with Crippen LogP contribution in [-0.4, -0.2) is 9.78 Å². The van der Waals surface area contributed by atoms with Gasteiger partial charge in [0.2, 0.25) is 0 Å². The van der Waals surface area contributed by atoms with Crippen LogP contribution >= 0.6 is 22.6 Å². The standard InChI is InChI=1S/C15H20IN3/c1-4-14(17)15-10(2)18-19(11(15)3)9-12-5-7-13(16)8-6-12/h5-8,14H,4,9,17H2,1-3H3. The van der Waals surface area contributed by atoms with Crippen molar-refractivity contribution in [3.63, 3.8) is 0 Å². The van der Waals surface area contributed by atoms with Gasteiger partial charge in [-0.1, -0.05) is 19.1 Å². The molecule has 0 saturated heterocycles. The number of aromatic nitrogens is 2. The van der Waals surface area contributed by atoms with E-state index >= 15 is 0 Å². The Balaban J connectivity index is 2.29. The van der Waals surface area contributed by atoms with Gasteiger partial charge in [0.25, 0.3) is 0 Å². The van der Waals surface area contributed by atoms with Crippen LogP contribution < -0.4 is 5.73 Å². The summed E-state index contributed by atoms with van der Waals surface area (Å²) in [6.07, 6.45) is 0.941. The van der Waals surface area contributed by atoms with Crippen molar-refractivity contribution in [2.24, 2.45) is 5.73 Å². The highest BCUT2D eigenvalue weighted by Crippen LogP contribution is 2.22. The van der Waals surface area contributed by atoms with Crippen LogP contribution in [0, 0.1) is 17.4 Å². The predicted octanol–water partition coefficient (Wildman–Crippen LogP) is 3.56. The Bertz CT molecular complexity index is 558. The Morgan fingerprint density at radius 2 is 1.89 bits per heavy atom. The SMILES string of the molecule is CCC(N)c1c(C)nn(Cc2ccc(I)cc2)c1C. The fourth-order valence-corrected chi connectivity index (χ4v) is 2.73. The summed E-state index contributed by atoms with van der Waals surface area (Å²) in [5.41, 5.74) is 10.9. The molecule has 0 saturated carbocycles. The van der Waals surface area contributed by atoms with Crippen molar-refractivity contribution in [3.8, 4) is 0 Å². The maximum Gasteiger partial charge on any atom is 0.0662 e. The molecule has 1 aromatic heterocycles. The van der Waals surface area contributed by atoms with Gasteiger partial charge < -0.3 is 5.73 Å². The summed E-state index contributed by atoms with van der Waals surface area (Å²) in [6, 6.07) is 8.64. The van der Waals surface area contributed by atoms with E-state index in [1.165, 1.54) is 20.4 Å². The van der Waals surface area contributed by atoms with Gasteiger partial charge in [-0.2, -0.15) is 5.10 Å². The maximum atomic E-state index is 6.17. The normalized spacial score (nSPS) is 12.7. The topological polar surface area (TPSA) is 43.8 Å². The largest absolute Gasteiger partial charge is 0.324 e. The lowest BCUT2D eigenvalue weighted by Gasteiger charge is -2.10. The highest BCUT2D eigenvalue weighted by Gasteiger charge is 2.16.